The molecule has 5 heteroatoms. The average molecular weight is 151 g/mol. The Morgan fingerprint density at radius 1 is 1.45 bits per heavy atom. The molecule has 0 aliphatic heterocycles. The van der Waals surface area contributed by atoms with E-state index in [0.717, 1.165) is 5.56 Å². The highest BCUT2D eigenvalue weighted by atomic mass is 15.5. The van der Waals surface area contributed by atoms with Crippen molar-refractivity contribution in [2.75, 3.05) is 0 Å². The molecule has 11 heavy (non-hydrogen) atoms. The maximum Gasteiger partial charge on any atom is 0.152 e. The number of pyridine rings is 1. The van der Waals surface area contributed by atoms with Crippen molar-refractivity contribution >= 4 is 5.84 Å². The molecule has 0 unspecified atom stereocenters. The van der Waals surface area contributed by atoms with Gasteiger partial charge in [-0.05, 0) is 12.1 Å². The van der Waals surface area contributed by atoms with E-state index in [1.54, 1.807) is 24.5 Å². The maximum absolute atomic E-state index is 5.49. The predicted octanol–water partition coefficient (Wildman–Crippen LogP) is -0.835. The van der Waals surface area contributed by atoms with E-state index in [9.17, 15) is 0 Å². The van der Waals surface area contributed by atoms with Gasteiger partial charge in [0.1, 0.15) is 0 Å². The molecule has 0 bridgehead atoms. The number of hydrazine groups is 1. The number of hydrazone groups is 1. The molecule has 0 atom stereocenters. The van der Waals surface area contributed by atoms with Crippen LogP contribution in [0, 0.1) is 0 Å². The lowest BCUT2D eigenvalue weighted by Crippen LogP contribution is -2.22. The van der Waals surface area contributed by atoms with Crippen LogP contribution in [-0.2, 0) is 0 Å². The molecule has 0 fully saturated rings. The molecule has 58 valence electrons. The smallest absolute Gasteiger partial charge is 0.152 e. The fourth-order valence-electron chi connectivity index (χ4n) is 0.657. The predicted molar refractivity (Wildman–Crippen MR) is 42.3 cm³/mol. The molecule has 0 radical (unpaired) electrons. The lowest BCUT2D eigenvalue weighted by molar-refractivity contribution is 0.804. The standard InChI is InChI=1S/C6H9N5/c7-6(10-11-8)5-1-3-9-4-2-5/h1-4,11H,8H2,(H2,7,10). The molecular weight excluding hydrogens is 142 g/mol. The van der Waals surface area contributed by atoms with Crippen molar-refractivity contribution in [2.24, 2.45) is 16.7 Å². The van der Waals surface area contributed by atoms with Gasteiger partial charge in [-0.3, -0.25) is 4.98 Å². The zero-order valence-corrected chi connectivity index (χ0v) is 5.86. The molecule has 0 aromatic carbocycles. The summed E-state index contributed by atoms with van der Waals surface area (Å²) < 4.78 is 0. The second kappa shape index (κ2) is 3.52. The van der Waals surface area contributed by atoms with Gasteiger partial charge in [0, 0.05) is 18.0 Å². The minimum Gasteiger partial charge on any atom is -0.382 e. The first-order valence-corrected chi connectivity index (χ1v) is 3.03. The Hall–Kier alpha value is -1.62. The molecule has 0 aliphatic carbocycles. The van der Waals surface area contributed by atoms with Crippen LogP contribution >= 0.6 is 0 Å². The molecule has 1 aromatic rings. The minimum atomic E-state index is 0.343. The molecule has 0 amide bonds. The lowest BCUT2D eigenvalue weighted by Gasteiger charge is -1.97. The van der Waals surface area contributed by atoms with Gasteiger partial charge in [-0.1, -0.05) is 0 Å². The third kappa shape index (κ3) is 1.91. The maximum atomic E-state index is 5.49. The van der Waals surface area contributed by atoms with Crippen molar-refractivity contribution in [3.8, 4) is 0 Å². The van der Waals surface area contributed by atoms with Gasteiger partial charge in [0.15, 0.2) is 5.84 Å². The van der Waals surface area contributed by atoms with Crippen LogP contribution < -0.4 is 17.1 Å². The summed E-state index contributed by atoms with van der Waals surface area (Å²) in [5.74, 6) is 5.28. The molecule has 5 N–H and O–H groups in total. The van der Waals surface area contributed by atoms with Crippen molar-refractivity contribution in [2.45, 2.75) is 0 Å². The number of hydrogen-bond donors (Lipinski definition) is 3. The molecule has 1 rings (SSSR count). The summed E-state index contributed by atoms with van der Waals surface area (Å²) in [4.78, 5) is 3.83. The summed E-state index contributed by atoms with van der Waals surface area (Å²) in [7, 11) is 0. The van der Waals surface area contributed by atoms with Crippen LogP contribution in [0.1, 0.15) is 5.56 Å². The number of aromatic nitrogens is 1. The number of hydrogen-bond acceptors (Lipinski definition) is 4. The largest absolute Gasteiger partial charge is 0.382 e. The van der Waals surface area contributed by atoms with E-state index in [1.807, 2.05) is 0 Å². The van der Waals surface area contributed by atoms with Gasteiger partial charge in [-0.25, -0.2) is 11.4 Å². The first kappa shape index (κ1) is 7.49. The van der Waals surface area contributed by atoms with Crippen LogP contribution in [0.25, 0.3) is 0 Å². The first-order chi connectivity index (χ1) is 5.34. The Morgan fingerprint density at radius 2 is 2.09 bits per heavy atom. The van der Waals surface area contributed by atoms with Gasteiger partial charge in [-0.15, -0.1) is 5.10 Å². The molecule has 1 heterocycles. The van der Waals surface area contributed by atoms with Crippen LogP contribution in [-0.4, -0.2) is 10.8 Å². The highest BCUT2D eigenvalue weighted by Gasteiger charge is 1.94. The van der Waals surface area contributed by atoms with Gasteiger partial charge < -0.3 is 5.73 Å². The fraction of sp³-hybridized carbons (Fsp3) is 0. The molecule has 0 aliphatic rings. The number of rotatable bonds is 2. The summed E-state index contributed by atoms with van der Waals surface area (Å²) in [5.41, 5.74) is 8.38. The SMILES string of the molecule is NN/N=C(\N)c1ccncc1. The highest BCUT2D eigenvalue weighted by Crippen LogP contribution is 1.93. The van der Waals surface area contributed by atoms with Gasteiger partial charge in [0.25, 0.3) is 0 Å². The third-order valence-corrected chi connectivity index (χ3v) is 1.16. The van der Waals surface area contributed by atoms with E-state index in [-0.39, 0.29) is 0 Å². The minimum absolute atomic E-state index is 0.343. The Balaban J connectivity index is 2.85. The Labute approximate surface area is 64.1 Å². The normalized spacial score (nSPS) is 11.2. The van der Waals surface area contributed by atoms with Gasteiger partial charge in [0.05, 0.1) is 0 Å². The van der Waals surface area contributed by atoms with Crippen molar-refractivity contribution in [3.63, 3.8) is 0 Å². The number of nitrogens with zero attached hydrogens (tertiary/aromatic N) is 2. The topological polar surface area (TPSA) is 89.3 Å². The van der Waals surface area contributed by atoms with E-state index in [4.69, 9.17) is 11.6 Å². The zero-order chi connectivity index (χ0) is 8.10. The molecular formula is C6H9N5. The van der Waals surface area contributed by atoms with E-state index in [2.05, 4.69) is 15.6 Å². The van der Waals surface area contributed by atoms with Crippen molar-refractivity contribution in [3.05, 3.63) is 30.1 Å². The summed E-state index contributed by atoms with van der Waals surface area (Å²) in [6, 6.07) is 3.49. The van der Waals surface area contributed by atoms with Gasteiger partial charge >= 0.3 is 0 Å². The monoisotopic (exact) mass is 151 g/mol. The first-order valence-electron chi connectivity index (χ1n) is 3.03. The molecule has 5 nitrogen and oxygen atoms in total. The summed E-state index contributed by atoms with van der Waals surface area (Å²) in [5, 5.41) is 3.59. The number of nitrogens with one attached hydrogen (secondary N) is 1. The Morgan fingerprint density at radius 3 is 2.64 bits per heavy atom. The molecule has 0 spiro atoms. The summed E-state index contributed by atoms with van der Waals surface area (Å²) in [6.07, 6.45) is 3.27. The second-order valence-corrected chi connectivity index (χ2v) is 1.86. The fourth-order valence-corrected chi connectivity index (χ4v) is 0.657. The van der Waals surface area contributed by atoms with Crippen molar-refractivity contribution in [1.82, 2.24) is 10.5 Å². The molecule has 1 aromatic heterocycles. The average Bonchev–Trinajstić information content (AvgIpc) is 2.07. The van der Waals surface area contributed by atoms with Gasteiger partial charge in [0.2, 0.25) is 0 Å². The van der Waals surface area contributed by atoms with Crippen LogP contribution in [0.4, 0.5) is 0 Å². The Kier molecular flexibility index (Phi) is 2.40. The van der Waals surface area contributed by atoms with E-state index in [0.29, 0.717) is 5.84 Å². The second-order valence-electron chi connectivity index (χ2n) is 1.86. The van der Waals surface area contributed by atoms with Crippen LogP contribution in [0.5, 0.6) is 0 Å². The van der Waals surface area contributed by atoms with Crippen LogP contribution in [0.2, 0.25) is 0 Å². The van der Waals surface area contributed by atoms with Crippen LogP contribution in [0.15, 0.2) is 29.6 Å². The van der Waals surface area contributed by atoms with E-state index < -0.39 is 0 Å². The number of nitrogens with two attached hydrogens (primary N) is 2. The lowest BCUT2D eigenvalue weighted by atomic mass is 10.2. The summed E-state index contributed by atoms with van der Waals surface area (Å²) >= 11 is 0. The molecule has 0 saturated heterocycles. The zero-order valence-electron chi connectivity index (χ0n) is 5.86. The highest BCUT2D eigenvalue weighted by molar-refractivity contribution is 5.97. The van der Waals surface area contributed by atoms with Crippen molar-refractivity contribution in [1.29, 1.82) is 0 Å². The van der Waals surface area contributed by atoms with Gasteiger partial charge in [-0.2, -0.15) is 0 Å². The quantitative estimate of drug-likeness (QED) is 0.222. The van der Waals surface area contributed by atoms with Crippen LogP contribution in [0.3, 0.4) is 0 Å². The van der Waals surface area contributed by atoms with Crippen molar-refractivity contribution < 1.29 is 0 Å². The van der Waals surface area contributed by atoms with E-state index in [1.165, 1.54) is 0 Å². The Bertz CT molecular complexity index is 242. The third-order valence-electron chi connectivity index (χ3n) is 1.16. The summed E-state index contributed by atoms with van der Waals surface area (Å²) in [6.45, 7) is 0. The molecule has 0 saturated carbocycles. The number of amidine groups is 1. The van der Waals surface area contributed by atoms with E-state index >= 15 is 0 Å².